The lowest BCUT2D eigenvalue weighted by Crippen LogP contribution is -2.38. The number of carbonyl (C=O) groups is 2. The smallest absolute Gasteiger partial charge is 0.307 e. The summed E-state index contributed by atoms with van der Waals surface area (Å²) in [4.78, 5) is 22.1. The molecule has 2 fully saturated rings. The first-order valence-electron chi connectivity index (χ1n) is 6.27. The van der Waals surface area contributed by atoms with Gasteiger partial charge in [-0.2, -0.15) is 0 Å². The third kappa shape index (κ3) is 3.19. The zero-order valence-corrected chi connectivity index (χ0v) is 9.76. The van der Waals surface area contributed by atoms with Crippen LogP contribution in [0.4, 0.5) is 0 Å². The van der Waals surface area contributed by atoms with Crippen LogP contribution < -0.4 is 5.32 Å². The zero-order chi connectivity index (χ0) is 12.4. The number of carboxylic acids is 2. The summed E-state index contributed by atoms with van der Waals surface area (Å²) in [5, 5.41) is 21.5. The average molecular weight is 241 g/mol. The van der Waals surface area contributed by atoms with E-state index >= 15 is 0 Å². The Morgan fingerprint density at radius 3 is 2.18 bits per heavy atom. The molecule has 17 heavy (non-hydrogen) atoms. The number of aliphatic carboxylic acids is 2. The van der Waals surface area contributed by atoms with Gasteiger partial charge in [0.1, 0.15) is 0 Å². The van der Waals surface area contributed by atoms with Crippen LogP contribution in [0, 0.1) is 17.8 Å². The van der Waals surface area contributed by atoms with Gasteiger partial charge in [0.2, 0.25) is 0 Å². The molecule has 0 heterocycles. The van der Waals surface area contributed by atoms with E-state index in [9.17, 15) is 9.59 Å². The van der Waals surface area contributed by atoms with Crippen molar-refractivity contribution < 1.29 is 19.8 Å². The van der Waals surface area contributed by atoms with Gasteiger partial charge in [0.25, 0.3) is 0 Å². The van der Waals surface area contributed by atoms with Gasteiger partial charge in [-0.15, -0.1) is 0 Å². The number of hydrogen-bond acceptors (Lipinski definition) is 3. The van der Waals surface area contributed by atoms with Crippen LogP contribution in [-0.4, -0.2) is 34.7 Å². The Kier molecular flexibility index (Phi) is 3.66. The first kappa shape index (κ1) is 12.4. The first-order chi connectivity index (χ1) is 8.08. The quantitative estimate of drug-likeness (QED) is 0.667. The fourth-order valence-corrected chi connectivity index (χ4v) is 2.63. The van der Waals surface area contributed by atoms with E-state index < -0.39 is 23.8 Å². The Morgan fingerprint density at radius 2 is 1.65 bits per heavy atom. The molecular weight excluding hydrogens is 222 g/mol. The summed E-state index contributed by atoms with van der Waals surface area (Å²) in [5.74, 6) is -3.04. The second kappa shape index (κ2) is 5.04. The molecule has 0 bridgehead atoms. The summed E-state index contributed by atoms with van der Waals surface area (Å²) in [5.41, 5.74) is 0. The minimum atomic E-state index is -0.967. The van der Waals surface area contributed by atoms with Crippen molar-refractivity contribution in [2.24, 2.45) is 17.8 Å². The second-order valence-electron chi connectivity index (χ2n) is 5.25. The van der Waals surface area contributed by atoms with E-state index in [0.717, 1.165) is 13.0 Å². The van der Waals surface area contributed by atoms with E-state index in [4.69, 9.17) is 10.2 Å². The minimum absolute atomic E-state index is 0.312. The topological polar surface area (TPSA) is 86.6 Å². The largest absolute Gasteiger partial charge is 0.481 e. The fourth-order valence-electron chi connectivity index (χ4n) is 2.63. The van der Waals surface area contributed by atoms with Crippen LogP contribution in [0.15, 0.2) is 0 Å². The molecule has 5 nitrogen and oxygen atoms in total. The summed E-state index contributed by atoms with van der Waals surface area (Å²) >= 11 is 0. The third-order valence-electron chi connectivity index (χ3n) is 3.87. The molecule has 2 aliphatic carbocycles. The van der Waals surface area contributed by atoms with E-state index in [2.05, 4.69) is 5.32 Å². The van der Waals surface area contributed by atoms with E-state index in [1.54, 1.807) is 0 Å². The summed E-state index contributed by atoms with van der Waals surface area (Å²) < 4.78 is 0. The van der Waals surface area contributed by atoms with Gasteiger partial charge in [-0.3, -0.25) is 9.59 Å². The molecule has 3 N–H and O–H groups in total. The van der Waals surface area contributed by atoms with Crippen molar-refractivity contribution in [1.82, 2.24) is 5.32 Å². The van der Waals surface area contributed by atoms with Crippen LogP contribution in [0.5, 0.6) is 0 Å². The Morgan fingerprint density at radius 1 is 1.00 bits per heavy atom. The van der Waals surface area contributed by atoms with E-state index in [0.29, 0.717) is 24.8 Å². The molecule has 2 rings (SSSR count). The molecule has 0 aromatic heterocycles. The lowest BCUT2D eigenvalue weighted by Gasteiger charge is -2.31. The highest BCUT2D eigenvalue weighted by Crippen LogP contribution is 2.34. The van der Waals surface area contributed by atoms with Gasteiger partial charge < -0.3 is 15.5 Å². The molecule has 0 spiro atoms. The molecule has 5 heteroatoms. The molecule has 3 atom stereocenters. The maximum Gasteiger partial charge on any atom is 0.307 e. The molecule has 0 aromatic carbocycles. The van der Waals surface area contributed by atoms with Gasteiger partial charge in [0.15, 0.2) is 0 Å². The van der Waals surface area contributed by atoms with Gasteiger partial charge >= 0.3 is 11.9 Å². The molecule has 0 aromatic rings. The Balaban J connectivity index is 1.88. The molecule has 0 saturated heterocycles. The van der Waals surface area contributed by atoms with Gasteiger partial charge in [0.05, 0.1) is 11.8 Å². The molecule has 96 valence electrons. The predicted octanol–water partition coefficient (Wildman–Crippen LogP) is 0.940. The van der Waals surface area contributed by atoms with E-state index in [1.807, 2.05) is 0 Å². The van der Waals surface area contributed by atoms with Crippen LogP contribution in [0.2, 0.25) is 0 Å². The third-order valence-corrected chi connectivity index (χ3v) is 3.87. The second-order valence-corrected chi connectivity index (χ2v) is 5.25. The lowest BCUT2D eigenvalue weighted by molar-refractivity contribution is -0.156. The standard InChI is InChI=1S/C12H19NO4/c14-11(15)9-4-1-7(5-10(9)12(16)17)6-13-8-2-3-8/h7-10,13H,1-6H2,(H,14,15)(H,16,17)/t7?,9-,10-/m0/s1. The number of nitrogens with one attached hydrogen (secondary N) is 1. The molecule has 0 radical (unpaired) electrons. The van der Waals surface area contributed by atoms with Gasteiger partial charge in [-0.1, -0.05) is 0 Å². The fraction of sp³-hybridized carbons (Fsp3) is 0.833. The van der Waals surface area contributed by atoms with Crippen LogP contribution in [0.25, 0.3) is 0 Å². The number of rotatable bonds is 5. The van der Waals surface area contributed by atoms with Crippen LogP contribution >= 0.6 is 0 Å². The van der Waals surface area contributed by atoms with Crippen molar-refractivity contribution in [2.45, 2.75) is 38.1 Å². The zero-order valence-electron chi connectivity index (χ0n) is 9.76. The lowest BCUT2D eigenvalue weighted by atomic mass is 9.74. The summed E-state index contributed by atoms with van der Waals surface area (Å²) in [6.45, 7) is 0.834. The van der Waals surface area contributed by atoms with Crippen molar-refractivity contribution in [3.05, 3.63) is 0 Å². The van der Waals surface area contributed by atoms with Crippen molar-refractivity contribution in [3.8, 4) is 0 Å². The van der Waals surface area contributed by atoms with Crippen LogP contribution in [-0.2, 0) is 9.59 Å². The normalized spacial score (nSPS) is 33.3. The van der Waals surface area contributed by atoms with Gasteiger partial charge in [0, 0.05) is 6.04 Å². The molecule has 0 aliphatic heterocycles. The molecule has 0 amide bonds. The molecular formula is C12H19NO4. The van der Waals surface area contributed by atoms with E-state index in [1.165, 1.54) is 12.8 Å². The minimum Gasteiger partial charge on any atom is -0.481 e. The average Bonchev–Trinajstić information content (AvgIpc) is 3.09. The maximum absolute atomic E-state index is 11.1. The molecule has 2 aliphatic rings. The highest BCUT2D eigenvalue weighted by atomic mass is 16.4. The van der Waals surface area contributed by atoms with Crippen molar-refractivity contribution in [3.63, 3.8) is 0 Å². The first-order valence-corrected chi connectivity index (χ1v) is 6.27. The SMILES string of the molecule is O=C(O)[C@H]1CCC(CNC2CC2)C[C@@H]1C(=O)O. The van der Waals surface area contributed by atoms with E-state index in [-0.39, 0.29) is 0 Å². The maximum atomic E-state index is 11.1. The highest BCUT2D eigenvalue weighted by molar-refractivity contribution is 5.80. The predicted molar refractivity (Wildman–Crippen MR) is 60.6 cm³/mol. The summed E-state index contributed by atoms with van der Waals surface area (Å²) in [7, 11) is 0. The highest BCUT2D eigenvalue weighted by Gasteiger charge is 2.39. The van der Waals surface area contributed by atoms with Crippen molar-refractivity contribution in [1.29, 1.82) is 0 Å². The summed E-state index contributed by atoms with van der Waals surface area (Å²) in [6, 6.07) is 0.621. The van der Waals surface area contributed by atoms with Crippen LogP contribution in [0.1, 0.15) is 32.1 Å². The number of carboxylic acid groups (broad SMARTS) is 2. The molecule has 2 saturated carbocycles. The van der Waals surface area contributed by atoms with Crippen molar-refractivity contribution in [2.75, 3.05) is 6.54 Å². The van der Waals surface area contributed by atoms with Crippen LogP contribution in [0.3, 0.4) is 0 Å². The summed E-state index contributed by atoms with van der Waals surface area (Å²) in [6.07, 6.45) is 4.23. The van der Waals surface area contributed by atoms with Crippen molar-refractivity contribution >= 4 is 11.9 Å². The Hall–Kier alpha value is -1.10. The Labute approximate surface area is 100 Å². The molecule has 1 unspecified atom stereocenters. The Bertz CT molecular complexity index is 314. The van der Waals surface area contributed by atoms with Gasteiger partial charge in [-0.25, -0.2) is 0 Å². The van der Waals surface area contributed by atoms with Gasteiger partial charge in [-0.05, 0) is 44.6 Å². The monoisotopic (exact) mass is 241 g/mol. The number of hydrogen-bond donors (Lipinski definition) is 3.